The van der Waals surface area contributed by atoms with Gasteiger partial charge in [-0.1, -0.05) is 17.3 Å². The molecule has 1 aromatic carbocycles. The van der Waals surface area contributed by atoms with Crippen LogP contribution < -0.4 is 10.1 Å². The maximum atomic E-state index is 12.6. The summed E-state index contributed by atoms with van der Waals surface area (Å²) in [6.07, 6.45) is 2.73. The van der Waals surface area contributed by atoms with Crippen molar-refractivity contribution in [1.29, 1.82) is 0 Å². The molecule has 0 saturated carbocycles. The predicted molar refractivity (Wildman–Crippen MR) is 111 cm³/mol. The maximum absolute atomic E-state index is 12.6. The molecule has 1 saturated heterocycles. The van der Waals surface area contributed by atoms with Crippen molar-refractivity contribution in [3.05, 3.63) is 46.8 Å². The molecule has 6 nitrogen and oxygen atoms in total. The number of ether oxygens (including phenoxy) is 1. The van der Waals surface area contributed by atoms with Crippen molar-refractivity contribution < 1.29 is 14.1 Å². The molecule has 0 bridgehead atoms. The first-order valence-corrected chi connectivity index (χ1v) is 9.62. The van der Waals surface area contributed by atoms with Crippen molar-refractivity contribution >= 4 is 18.3 Å². The number of aromatic nitrogens is 1. The number of aryl methyl sites for hydroxylation is 2. The largest absolute Gasteiger partial charge is 0.489 e. The molecule has 1 aliphatic rings. The second-order valence-electron chi connectivity index (χ2n) is 7.32. The lowest BCUT2D eigenvalue weighted by Gasteiger charge is -2.32. The molecule has 1 aromatic heterocycles. The fraction of sp³-hybridized carbons (Fsp3) is 0.524. The average molecular weight is 408 g/mol. The number of likely N-dealkylation sites (tertiary alicyclic amines) is 1. The van der Waals surface area contributed by atoms with Gasteiger partial charge in [0.1, 0.15) is 18.1 Å². The molecule has 1 unspecified atom stereocenters. The Morgan fingerprint density at radius 1 is 1.32 bits per heavy atom. The highest BCUT2D eigenvalue weighted by molar-refractivity contribution is 5.85. The van der Waals surface area contributed by atoms with Crippen molar-refractivity contribution in [1.82, 2.24) is 15.4 Å². The second-order valence-corrected chi connectivity index (χ2v) is 7.32. The third kappa shape index (κ3) is 5.72. The lowest BCUT2D eigenvalue weighted by atomic mass is 9.97. The van der Waals surface area contributed by atoms with E-state index in [0.29, 0.717) is 18.9 Å². The van der Waals surface area contributed by atoms with Gasteiger partial charge >= 0.3 is 0 Å². The SMILES string of the molecule is CNCC1CCCN(C(=O)Cc2ccc(OCc3c(C)noc3C)cc2)C1.Cl. The van der Waals surface area contributed by atoms with Gasteiger partial charge in [0, 0.05) is 13.1 Å². The molecule has 0 aliphatic carbocycles. The first-order chi connectivity index (χ1) is 13.1. The van der Waals surface area contributed by atoms with Gasteiger partial charge in [0.2, 0.25) is 5.91 Å². The fourth-order valence-corrected chi connectivity index (χ4v) is 3.60. The molecule has 1 amide bonds. The zero-order valence-corrected chi connectivity index (χ0v) is 17.7. The lowest BCUT2D eigenvalue weighted by molar-refractivity contribution is -0.132. The van der Waals surface area contributed by atoms with Crippen molar-refractivity contribution in [2.75, 3.05) is 26.7 Å². The van der Waals surface area contributed by atoms with Crippen LogP contribution in [0.1, 0.15) is 35.4 Å². The molecule has 1 aliphatic heterocycles. The molecule has 1 N–H and O–H groups in total. The van der Waals surface area contributed by atoms with Crippen LogP contribution in [-0.2, 0) is 17.8 Å². The summed E-state index contributed by atoms with van der Waals surface area (Å²) in [5.41, 5.74) is 2.85. The van der Waals surface area contributed by atoms with Gasteiger partial charge in [0.25, 0.3) is 0 Å². The number of hydrogen-bond donors (Lipinski definition) is 1. The quantitative estimate of drug-likeness (QED) is 0.762. The number of nitrogens with zero attached hydrogens (tertiary/aromatic N) is 2. The van der Waals surface area contributed by atoms with Crippen LogP contribution in [0, 0.1) is 19.8 Å². The van der Waals surface area contributed by atoms with E-state index in [1.807, 2.05) is 50.1 Å². The fourth-order valence-electron chi connectivity index (χ4n) is 3.60. The summed E-state index contributed by atoms with van der Waals surface area (Å²) >= 11 is 0. The molecular weight excluding hydrogens is 378 g/mol. The zero-order valence-electron chi connectivity index (χ0n) is 16.9. The molecule has 1 fully saturated rings. The number of carbonyl (C=O) groups is 1. The highest BCUT2D eigenvalue weighted by Gasteiger charge is 2.23. The van der Waals surface area contributed by atoms with E-state index in [9.17, 15) is 4.79 Å². The van der Waals surface area contributed by atoms with Gasteiger partial charge in [-0.25, -0.2) is 0 Å². The van der Waals surface area contributed by atoms with Gasteiger partial charge in [0.05, 0.1) is 17.7 Å². The van der Waals surface area contributed by atoms with Crippen LogP contribution in [0.3, 0.4) is 0 Å². The molecular formula is C21H30ClN3O3. The summed E-state index contributed by atoms with van der Waals surface area (Å²) in [4.78, 5) is 14.6. The van der Waals surface area contributed by atoms with E-state index in [-0.39, 0.29) is 18.3 Å². The molecule has 0 radical (unpaired) electrons. The van der Waals surface area contributed by atoms with Gasteiger partial charge in [-0.3, -0.25) is 4.79 Å². The van der Waals surface area contributed by atoms with E-state index in [0.717, 1.165) is 54.4 Å². The molecule has 154 valence electrons. The molecule has 2 aromatic rings. The van der Waals surface area contributed by atoms with Crippen LogP contribution in [0.15, 0.2) is 28.8 Å². The average Bonchev–Trinajstić information content (AvgIpc) is 2.99. The van der Waals surface area contributed by atoms with Crippen LogP contribution in [0.5, 0.6) is 5.75 Å². The van der Waals surface area contributed by atoms with E-state index in [4.69, 9.17) is 9.26 Å². The summed E-state index contributed by atoms with van der Waals surface area (Å²) in [7, 11) is 1.97. The van der Waals surface area contributed by atoms with Crippen molar-refractivity contribution in [2.24, 2.45) is 5.92 Å². The van der Waals surface area contributed by atoms with Gasteiger partial charge in [-0.15, -0.1) is 12.4 Å². The zero-order chi connectivity index (χ0) is 19.2. The number of benzene rings is 1. The highest BCUT2D eigenvalue weighted by Crippen LogP contribution is 2.20. The van der Waals surface area contributed by atoms with Gasteiger partial charge in [-0.2, -0.15) is 0 Å². The van der Waals surface area contributed by atoms with Crippen LogP contribution in [-0.4, -0.2) is 42.6 Å². The number of piperidine rings is 1. The monoisotopic (exact) mass is 407 g/mol. The van der Waals surface area contributed by atoms with Gasteiger partial charge < -0.3 is 19.5 Å². The van der Waals surface area contributed by atoms with Crippen LogP contribution in [0.2, 0.25) is 0 Å². The van der Waals surface area contributed by atoms with Crippen molar-refractivity contribution in [3.8, 4) is 5.75 Å². The highest BCUT2D eigenvalue weighted by atomic mass is 35.5. The molecule has 28 heavy (non-hydrogen) atoms. The Hall–Kier alpha value is -2.05. The summed E-state index contributed by atoms with van der Waals surface area (Å²) in [6.45, 7) is 6.93. The number of rotatable bonds is 7. The van der Waals surface area contributed by atoms with Crippen molar-refractivity contribution in [3.63, 3.8) is 0 Å². The smallest absolute Gasteiger partial charge is 0.226 e. The number of hydrogen-bond acceptors (Lipinski definition) is 5. The third-order valence-electron chi connectivity index (χ3n) is 5.21. The Morgan fingerprint density at radius 2 is 2.07 bits per heavy atom. The van der Waals surface area contributed by atoms with Crippen LogP contribution >= 0.6 is 12.4 Å². The number of nitrogens with one attached hydrogen (secondary N) is 1. The Kier molecular flexibility index (Phi) is 8.33. The Labute approximate surface area is 173 Å². The van der Waals surface area contributed by atoms with Crippen LogP contribution in [0.25, 0.3) is 0 Å². The maximum Gasteiger partial charge on any atom is 0.226 e. The van der Waals surface area contributed by atoms with E-state index in [2.05, 4.69) is 10.5 Å². The van der Waals surface area contributed by atoms with Gasteiger partial charge in [-0.05, 0) is 63.9 Å². The Balaban J connectivity index is 0.00000280. The number of halogens is 1. The third-order valence-corrected chi connectivity index (χ3v) is 5.21. The number of amides is 1. The Bertz CT molecular complexity index is 739. The topological polar surface area (TPSA) is 67.6 Å². The first kappa shape index (κ1) is 22.2. The van der Waals surface area contributed by atoms with E-state index < -0.39 is 0 Å². The Morgan fingerprint density at radius 3 is 2.71 bits per heavy atom. The van der Waals surface area contributed by atoms with Crippen LogP contribution in [0.4, 0.5) is 0 Å². The predicted octanol–water partition coefficient (Wildman–Crippen LogP) is 3.29. The summed E-state index contributed by atoms with van der Waals surface area (Å²) < 4.78 is 11.0. The summed E-state index contributed by atoms with van der Waals surface area (Å²) in [5, 5.41) is 7.16. The minimum atomic E-state index is 0. The second kappa shape index (κ2) is 10.5. The van der Waals surface area contributed by atoms with E-state index >= 15 is 0 Å². The molecule has 1 atom stereocenters. The minimum Gasteiger partial charge on any atom is -0.489 e. The first-order valence-electron chi connectivity index (χ1n) is 9.62. The summed E-state index contributed by atoms with van der Waals surface area (Å²) in [6, 6.07) is 7.77. The van der Waals surface area contributed by atoms with E-state index in [1.165, 1.54) is 6.42 Å². The molecule has 2 heterocycles. The van der Waals surface area contributed by atoms with Gasteiger partial charge in [0.15, 0.2) is 0 Å². The standard InChI is InChI=1S/C21H29N3O3.ClH/c1-15-20(16(2)27-23-15)14-26-19-8-6-17(7-9-19)11-21(25)24-10-4-5-18(13-24)12-22-3;/h6-9,18,22H,4-5,10-14H2,1-3H3;1H. The molecule has 0 spiro atoms. The normalized spacial score (nSPS) is 16.5. The number of carbonyl (C=O) groups excluding carboxylic acids is 1. The molecule has 7 heteroatoms. The minimum absolute atomic E-state index is 0. The molecule has 3 rings (SSSR count). The summed E-state index contributed by atoms with van der Waals surface area (Å²) in [5.74, 6) is 2.33. The van der Waals surface area contributed by atoms with Crippen molar-refractivity contribution in [2.45, 2.75) is 39.7 Å². The lowest BCUT2D eigenvalue weighted by Crippen LogP contribution is -2.43. The van der Waals surface area contributed by atoms with E-state index in [1.54, 1.807) is 0 Å².